The molecule has 1 aromatic rings. The van der Waals surface area contributed by atoms with E-state index in [1.165, 1.54) is 11.3 Å². The van der Waals surface area contributed by atoms with Crippen molar-refractivity contribution in [2.75, 3.05) is 13.0 Å². The third kappa shape index (κ3) is 2.41. The maximum Gasteiger partial charge on any atom is 0.274 e. The largest absolute Gasteiger partial charge is 0.473 e. The monoisotopic (exact) mass is 187 g/mol. The molecule has 0 atom stereocenters. The van der Waals surface area contributed by atoms with E-state index in [9.17, 15) is 0 Å². The molecule has 0 unspecified atom stereocenters. The highest BCUT2D eigenvalue weighted by molar-refractivity contribution is 7.13. The Bertz CT molecular complexity index is 286. The Morgan fingerprint density at radius 3 is 3.18 bits per heavy atom. The molecule has 0 saturated carbocycles. The van der Waals surface area contributed by atoms with Crippen molar-refractivity contribution >= 4 is 22.9 Å². The van der Waals surface area contributed by atoms with Gasteiger partial charge in [-0.3, -0.25) is 0 Å². The maximum absolute atomic E-state index is 5.37. The lowest BCUT2D eigenvalue weighted by Gasteiger charge is -1.84. The highest BCUT2D eigenvalue weighted by Gasteiger charge is 1.96. The number of thiazole rings is 1. The third-order valence-electron chi connectivity index (χ3n) is 0.938. The molecule has 0 aliphatic heterocycles. The summed E-state index contributed by atoms with van der Waals surface area (Å²) in [5, 5.41) is 0.629. The van der Waals surface area contributed by atoms with E-state index in [1.54, 1.807) is 13.3 Å². The lowest BCUT2D eigenvalue weighted by atomic mass is 10.5. The van der Waals surface area contributed by atoms with Gasteiger partial charge in [-0.15, -0.1) is 11.6 Å². The molecule has 11 heavy (non-hydrogen) atoms. The lowest BCUT2D eigenvalue weighted by Crippen LogP contribution is -1.76. The number of hydrogen-bond donors (Lipinski definition) is 0. The van der Waals surface area contributed by atoms with Gasteiger partial charge in [-0.1, -0.05) is 23.2 Å². The second-order valence-corrected chi connectivity index (χ2v) is 2.89. The number of rotatable bonds is 1. The van der Waals surface area contributed by atoms with E-state index in [0.29, 0.717) is 11.1 Å². The Balaban J connectivity index is 2.72. The van der Waals surface area contributed by atoms with Gasteiger partial charge in [0.15, 0.2) is 0 Å². The third-order valence-corrected chi connectivity index (χ3v) is 1.95. The molecule has 1 rings (SSSR count). The predicted molar refractivity (Wildman–Crippen MR) is 46.3 cm³/mol. The van der Waals surface area contributed by atoms with Crippen LogP contribution in [0.5, 0.6) is 5.19 Å². The molecule has 0 bridgehead atoms. The van der Waals surface area contributed by atoms with E-state index in [4.69, 9.17) is 16.3 Å². The van der Waals surface area contributed by atoms with Gasteiger partial charge < -0.3 is 4.74 Å². The molecular weight excluding hydrogens is 182 g/mol. The van der Waals surface area contributed by atoms with Crippen LogP contribution in [-0.2, 0) is 0 Å². The quantitative estimate of drug-likeness (QED) is 0.494. The first-order chi connectivity index (χ1) is 5.36. The van der Waals surface area contributed by atoms with Gasteiger partial charge in [0.2, 0.25) is 0 Å². The predicted octanol–water partition coefficient (Wildman–Crippen LogP) is 1.74. The van der Waals surface area contributed by atoms with Crippen LogP contribution in [0.4, 0.5) is 0 Å². The van der Waals surface area contributed by atoms with Gasteiger partial charge in [-0.05, 0) is 0 Å². The van der Waals surface area contributed by atoms with Crippen LogP contribution in [0.2, 0.25) is 0 Å². The minimum Gasteiger partial charge on any atom is -0.473 e. The Kier molecular flexibility index (Phi) is 3.21. The summed E-state index contributed by atoms with van der Waals surface area (Å²) in [5.41, 5.74) is 0. The van der Waals surface area contributed by atoms with Crippen LogP contribution in [-0.4, -0.2) is 18.0 Å². The van der Waals surface area contributed by atoms with Gasteiger partial charge in [0.05, 0.1) is 19.2 Å². The number of methoxy groups -OCH3 is 1. The molecule has 2 nitrogen and oxygen atoms in total. The van der Waals surface area contributed by atoms with Crippen molar-refractivity contribution in [1.29, 1.82) is 0 Å². The molecule has 1 aromatic heterocycles. The van der Waals surface area contributed by atoms with Crippen molar-refractivity contribution in [1.82, 2.24) is 4.98 Å². The normalized spacial score (nSPS) is 8.55. The minimum atomic E-state index is 0.347. The van der Waals surface area contributed by atoms with Crippen LogP contribution in [0.3, 0.4) is 0 Å². The molecular formula is C7H6ClNOS. The first-order valence-corrected chi connectivity index (χ1v) is 4.26. The van der Waals surface area contributed by atoms with Gasteiger partial charge in [-0.2, -0.15) is 0 Å². The van der Waals surface area contributed by atoms with Gasteiger partial charge in [0, 0.05) is 0 Å². The molecule has 0 amide bonds. The van der Waals surface area contributed by atoms with Crippen LogP contribution in [0, 0.1) is 11.8 Å². The summed E-state index contributed by atoms with van der Waals surface area (Å²) in [6, 6.07) is 0. The van der Waals surface area contributed by atoms with Crippen LogP contribution < -0.4 is 4.74 Å². The number of nitrogens with zero attached hydrogens (tertiary/aromatic N) is 1. The first-order valence-electron chi connectivity index (χ1n) is 2.91. The fourth-order valence-corrected chi connectivity index (χ4v) is 1.20. The van der Waals surface area contributed by atoms with E-state index >= 15 is 0 Å². The molecule has 0 saturated heterocycles. The van der Waals surface area contributed by atoms with Crippen molar-refractivity contribution in [2.24, 2.45) is 0 Å². The zero-order valence-corrected chi connectivity index (χ0v) is 7.50. The number of ether oxygens (including phenoxy) is 1. The second kappa shape index (κ2) is 4.22. The molecule has 1 heterocycles. The summed E-state index contributed by atoms with van der Waals surface area (Å²) < 4.78 is 4.88. The standard InChI is InChI=1S/C7H6ClNOS/c1-10-7-9-5-6(11-7)3-2-4-8/h5H,4H2,1H3. The number of hydrogen-bond acceptors (Lipinski definition) is 3. The molecule has 0 aliphatic carbocycles. The SMILES string of the molecule is COc1ncc(C#CCCl)s1. The van der Waals surface area contributed by atoms with Crippen molar-refractivity contribution in [3.8, 4) is 17.0 Å². The summed E-state index contributed by atoms with van der Waals surface area (Å²) >= 11 is 6.78. The Morgan fingerprint density at radius 1 is 1.82 bits per heavy atom. The van der Waals surface area contributed by atoms with E-state index in [1.807, 2.05) is 0 Å². The number of halogens is 1. The number of alkyl halides is 1. The molecule has 58 valence electrons. The molecule has 0 aromatic carbocycles. The smallest absolute Gasteiger partial charge is 0.274 e. The highest BCUT2D eigenvalue weighted by Crippen LogP contribution is 2.18. The fraction of sp³-hybridized carbons (Fsp3) is 0.286. The molecule has 0 N–H and O–H groups in total. The average molecular weight is 188 g/mol. The molecule has 0 fully saturated rings. The first kappa shape index (κ1) is 8.38. The zero-order valence-electron chi connectivity index (χ0n) is 5.93. The van der Waals surface area contributed by atoms with Crippen LogP contribution in [0.15, 0.2) is 6.20 Å². The fourth-order valence-electron chi connectivity index (χ4n) is 0.531. The Hall–Kier alpha value is -0.720. The zero-order chi connectivity index (χ0) is 8.10. The van der Waals surface area contributed by atoms with Crippen molar-refractivity contribution in [3.05, 3.63) is 11.1 Å². The van der Waals surface area contributed by atoms with Gasteiger partial charge in [-0.25, -0.2) is 4.98 Å². The molecule has 4 heteroatoms. The van der Waals surface area contributed by atoms with Crippen LogP contribution in [0.1, 0.15) is 4.88 Å². The van der Waals surface area contributed by atoms with Crippen LogP contribution >= 0.6 is 22.9 Å². The lowest BCUT2D eigenvalue weighted by molar-refractivity contribution is 0.412. The molecule has 0 radical (unpaired) electrons. The topological polar surface area (TPSA) is 22.1 Å². The second-order valence-electron chi connectivity index (χ2n) is 1.63. The van der Waals surface area contributed by atoms with Crippen molar-refractivity contribution in [3.63, 3.8) is 0 Å². The van der Waals surface area contributed by atoms with E-state index in [2.05, 4.69) is 16.8 Å². The Morgan fingerprint density at radius 2 is 2.64 bits per heavy atom. The van der Waals surface area contributed by atoms with Crippen LogP contribution in [0.25, 0.3) is 0 Å². The maximum atomic E-state index is 5.37. The van der Waals surface area contributed by atoms with Gasteiger partial charge >= 0.3 is 0 Å². The highest BCUT2D eigenvalue weighted by atomic mass is 35.5. The van der Waals surface area contributed by atoms with Crippen molar-refractivity contribution in [2.45, 2.75) is 0 Å². The van der Waals surface area contributed by atoms with E-state index in [-0.39, 0.29) is 0 Å². The van der Waals surface area contributed by atoms with Crippen molar-refractivity contribution < 1.29 is 4.74 Å². The van der Waals surface area contributed by atoms with Gasteiger partial charge in [0.1, 0.15) is 4.88 Å². The summed E-state index contributed by atoms with van der Waals surface area (Å²) in [6.45, 7) is 0. The Labute approximate surface area is 74.2 Å². The van der Waals surface area contributed by atoms with Gasteiger partial charge in [0.25, 0.3) is 5.19 Å². The summed E-state index contributed by atoms with van der Waals surface area (Å²) in [4.78, 5) is 4.82. The van der Waals surface area contributed by atoms with E-state index in [0.717, 1.165) is 4.88 Å². The summed E-state index contributed by atoms with van der Waals surface area (Å²) in [7, 11) is 1.58. The summed E-state index contributed by atoms with van der Waals surface area (Å²) in [5.74, 6) is 5.92. The van der Waals surface area contributed by atoms with E-state index < -0.39 is 0 Å². The minimum absolute atomic E-state index is 0.347. The number of aromatic nitrogens is 1. The summed E-state index contributed by atoms with van der Waals surface area (Å²) in [6.07, 6.45) is 1.67. The molecule has 0 spiro atoms. The molecule has 0 aliphatic rings. The average Bonchev–Trinajstić information content (AvgIpc) is 2.48.